The number of benzene rings is 2. The molecule has 0 aromatic heterocycles. The van der Waals surface area contributed by atoms with Gasteiger partial charge in [-0.2, -0.15) is 0 Å². The summed E-state index contributed by atoms with van der Waals surface area (Å²) in [6.45, 7) is 9.01. The highest BCUT2D eigenvalue weighted by atomic mass is 19.1. The molecule has 1 aliphatic rings. The number of halogens is 1. The topological polar surface area (TPSA) is 71.1 Å². The molecule has 1 aliphatic heterocycles. The second kappa shape index (κ2) is 12.1. The predicted octanol–water partition coefficient (Wildman–Crippen LogP) is 4.29. The van der Waals surface area contributed by atoms with Gasteiger partial charge in [0.2, 0.25) is 0 Å². The highest BCUT2D eigenvalue weighted by Crippen LogP contribution is 2.27. The van der Waals surface area contributed by atoms with Crippen LogP contribution >= 0.6 is 0 Å². The van der Waals surface area contributed by atoms with E-state index in [2.05, 4.69) is 31.0 Å². The van der Waals surface area contributed by atoms with Crippen LogP contribution in [0.1, 0.15) is 47.9 Å². The lowest BCUT2D eigenvalue weighted by molar-refractivity contribution is 0.0107. The van der Waals surface area contributed by atoms with Crippen LogP contribution < -0.4 is 10.1 Å². The number of anilines is 1. The number of rotatable bonds is 5. The molecule has 0 fully saturated rings. The number of fused-ring (bicyclic) bond motifs is 1. The summed E-state index contributed by atoms with van der Waals surface area (Å²) in [7, 11) is 3.40. The van der Waals surface area contributed by atoms with E-state index in [0.717, 1.165) is 19.5 Å². The molecular formula is C27H36FN3O4. The Hall–Kier alpha value is -2.97. The van der Waals surface area contributed by atoms with Crippen LogP contribution in [-0.2, 0) is 4.74 Å². The van der Waals surface area contributed by atoms with E-state index in [1.807, 2.05) is 0 Å². The van der Waals surface area contributed by atoms with Gasteiger partial charge in [0.25, 0.3) is 11.8 Å². The average Bonchev–Trinajstić information content (AvgIpc) is 2.84. The summed E-state index contributed by atoms with van der Waals surface area (Å²) in [5, 5.41) is 2.69. The first-order valence-electron chi connectivity index (χ1n) is 12.1. The zero-order chi connectivity index (χ0) is 25.5. The Morgan fingerprint density at radius 3 is 2.63 bits per heavy atom. The molecular weight excluding hydrogens is 449 g/mol. The fraction of sp³-hybridized carbons (Fsp3) is 0.481. The summed E-state index contributed by atoms with van der Waals surface area (Å²) in [4.78, 5) is 30.1. The zero-order valence-electron chi connectivity index (χ0n) is 21.2. The van der Waals surface area contributed by atoms with E-state index in [1.165, 1.54) is 18.2 Å². The minimum atomic E-state index is -0.610. The maximum absolute atomic E-state index is 14.1. The number of nitrogens with zero attached hydrogens (tertiary/aromatic N) is 2. The number of ether oxygens (including phenoxy) is 2. The molecule has 0 radical (unpaired) electrons. The van der Waals surface area contributed by atoms with Crippen LogP contribution in [0, 0.1) is 11.7 Å². The summed E-state index contributed by atoms with van der Waals surface area (Å²) in [6.07, 6.45) is 0.887. The fourth-order valence-electron chi connectivity index (χ4n) is 4.37. The lowest BCUT2D eigenvalue weighted by Gasteiger charge is -2.35. The maximum atomic E-state index is 14.1. The Morgan fingerprint density at radius 1 is 1.20 bits per heavy atom. The molecule has 190 valence electrons. The molecule has 0 unspecified atom stereocenters. The first-order chi connectivity index (χ1) is 16.7. The number of methoxy groups -OCH3 is 1. The third-order valence-corrected chi connectivity index (χ3v) is 6.46. The Labute approximate surface area is 207 Å². The molecule has 0 saturated heterocycles. The standard InChI is InChI=1S/C27H36FN3O4/c1-6-13-31-15-18(2)25(34-5)16-30(4)27(33)22-14-20(11-12-24(22)35-17-19(31)3)29-26(32)21-9-7-8-10-23(21)28/h7-12,14,18-19,25H,6,13,15-17H2,1-5H3,(H,29,32)/t18-,19+,25+/m0/s1. The molecule has 3 rings (SSSR count). The van der Waals surface area contributed by atoms with Crippen molar-refractivity contribution in [2.24, 2.45) is 5.92 Å². The summed E-state index contributed by atoms with van der Waals surface area (Å²) >= 11 is 0. The minimum absolute atomic E-state index is 0.0678. The Kier molecular flexibility index (Phi) is 9.23. The molecule has 8 heteroatoms. The minimum Gasteiger partial charge on any atom is -0.491 e. The summed E-state index contributed by atoms with van der Waals surface area (Å²) < 4.78 is 25.9. The van der Waals surface area contributed by atoms with E-state index in [0.29, 0.717) is 30.2 Å². The van der Waals surface area contributed by atoms with Crippen molar-refractivity contribution in [1.82, 2.24) is 9.80 Å². The second-order valence-corrected chi connectivity index (χ2v) is 9.24. The first-order valence-corrected chi connectivity index (χ1v) is 12.1. The van der Waals surface area contributed by atoms with Gasteiger partial charge in [-0.25, -0.2) is 4.39 Å². The quantitative estimate of drug-likeness (QED) is 0.684. The third kappa shape index (κ3) is 6.58. The lowest BCUT2D eigenvalue weighted by Crippen LogP contribution is -2.46. The van der Waals surface area contributed by atoms with Gasteiger partial charge in [0.05, 0.1) is 17.2 Å². The van der Waals surface area contributed by atoms with Crippen LogP contribution in [0.2, 0.25) is 0 Å². The first kappa shape index (κ1) is 26.6. The SMILES string of the molecule is CCCN1C[C@H](C)[C@H](OC)CN(C)C(=O)c2cc(NC(=O)c3ccccc3F)ccc2OC[C@H]1C. The summed E-state index contributed by atoms with van der Waals surface area (Å²) in [5.41, 5.74) is 0.643. The average molecular weight is 486 g/mol. The van der Waals surface area contributed by atoms with Crippen molar-refractivity contribution in [3.63, 3.8) is 0 Å². The van der Waals surface area contributed by atoms with Crippen LogP contribution in [0.3, 0.4) is 0 Å². The Bertz CT molecular complexity index is 1030. The number of carbonyl (C=O) groups excluding carboxylic acids is 2. The van der Waals surface area contributed by atoms with Crippen molar-refractivity contribution < 1.29 is 23.5 Å². The number of likely N-dealkylation sites (N-methyl/N-ethyl adjacent to an activating group) is 1. The molecule has 1 heterocycles. The number of nitrogens with one attached hydrogen (secondary N) is 1. The molecule has 0 aliphatic carbocycles. The number of amides is 2. The van der Waals surface area contributed by atoms with Crippen molar-refractivity contribution in [2.45, 2.75) is 39.3 Å². The van der Waals surface area contributed by atoms with Gasteiger partial charge in [-0.3, -0.25) is 14.5 Å². The second-order valence-electron chi connectivity index (χ2n) is 9.24. The molecule has 0 saturated carbocycles. The van der Waals surface area contributed by atoms with E-state index in [1.54, 1.807) is 43.3 Å². The molecule has 3 atom stereocenters. The van der Waals surface area contributed by atoms with E-state index >= 15 is 0 Å². The van der Waals surface area contributed by atoms with Crippen LogP contribution in [0.5, 0.6) is 5.75 Å². The molecule has 2 amide bonds. The van der Waals surface area contributed by atoms with Gasteiger partial charge in [-0.15, -0.1) is 0 Å². The highest BCUT2D eigenvalue weighted by Gasteiger charge is 2.28. The van der Waals surface area contributed by atoms with Crippen molar-refractivity contribution in [3.05, 3.63) is 59.4 Å². The van der Waals surface area contributed by atoms with Crippen molar-refractivity contribution >= 4 is 17.5 Å². The monoisotopic (exact) mass is 485 g/mol. The lowest BCUT2D eigenvalue weighted by atomic mass is 10.0. The molecule has 2 aromatic carbocycles. The van der Waals surface area contributed by atoms with Gasteiger partial charge in [0, 0.05) is 39.0 Å². The summed E-state index contributed by atoms with van der Waals surface area (Å²) in [6, 6.07) is 10.8. The molecule has 35 heavy (non-hydrogen) atoms. The predicted molar refractivity (Wildman–Crippen MR) is 135 cm³/mol. The van der Waals surface area contributed by atoms with Crippen molar-refractivity contribution in [2.75, 3.05) is 45.7 Å². The number of hydrogen-bond acceptors (Lipinski definition) is 5. The van der Waals surface area contributed by atoms with Gasteiger partial charge < -0.3 is 19.7 Å². The van der Waals surface area contributed by atoms with Gasteiger partial charge >= 0.3 is 0 Å². The van der Waals surface area contributed by atoms with Gasteiger partial charge in [0.15, 0.2) is 0 Å². The molecule has 0 bridgehead atoms. The van der Waals surface area contributed by atoms with E-state index in [9.17, 15) is 14.0 Å². The van der Waals surface area contributed by atoms with Crippen LogP contribution in [0.25, 0.3) is 0 Å². The van der Waals surface area contributed by atoms with E-state index < -0.39 is 11.7 Å². The fourth-order valence-corrected chi connectivity index (χ4v) is 4.37. The van der Waals surface area contributed by atoms with Crippen molar-refractivity contribution in [1.29, 1.82) is 0 Å². The number of carbonyl (C=O) groups is 2. The maximum Gasteiger partial charge on any atom is 0.258 e. The van der Waals surface area contributed by atoms with Crippen molar-refractivity contribution in [3.8, 4) is 5.75 Å². The molecule has 2 aromatic rings. The number of hydrogen-bond donors (Lipinski definition) is 1. The smallest absolute Gasteiger partial charge is 0.258 e. The largest absolute Gasteiger partial charge is 0.491 e. The summed E-state index contributed by atoms with van der Waals surface area (Å²) in [5.74, 6) is -0.795. The van der Waals surface area contributed by atoms with Gasteiger partial charge in [-0.05, 0) is 56.1 Å². The van der Waals surface area contributed by atoms with Crippen LogP contribution in [-0.4, -0.2) is 74.2 Å². The van der Waals surface area contributed by atoms with Crippen LogP contribution in [0.15, 0.2) is 42.5 Å². The van der Waals surface area contributed by atoms with E-state index in [4.69, 9.17) is 9.47 Å². The third-order valence-electron chi connectivity index (χ3n) is 6.46. The normalized spacial score (nSPS) is 21.9. The zero-order valence-corrected chi connectivity index (χ0v) is 21.2. The van der Waals surface area contributed by atoms with Gasteiger partial charge in [0.1, 0.15) is 18.2 Å². The van der Waals surface area contributed by atoms with Gasteiger partial charge in [-0.1, -0.05) is 26.0 Å². The van der Waals surface area contributed by atoms with E-state index in [-0.39, 0.29) is 29.5 Å². The molecule has 0 spiro atoms. The Morgan fingerprint density at radius 2 is 1.94 bits per heavy atom. The van der Waals surface area contributed by atoms with Crippen LogP contribution in [0.4, 0.5) is 10.1 Å². The highest BCUT2D eigenvalue weighted by molar-refractivity contribution is 6.05. The molecule has 1 N–H and O–H groups in total. The molecule has 7 nitrogen and oxygen atoms in total. The Balaban J connectivity index is 1.93.